The molecule has 0 radical (unpaired) electrons. The van der Waals surface area contributed by atoms with Crippen LogP contribution in [0.15, 0.2) is 48.1 Å². The third-order valence-corrected chi connectivity index (χ3v) is 2.59. The number of halogens is 2. The van der Waals surface area contributed by atoms with Gasteiger partial charge in [0.05, 0.1) is 0 Å². The van der Waals surface area contributed by atoms with E-state index < -0.39 is 0 Å². The van der Waals surface area contributed by atoms with Gasteiger partial charge in [-0.05, 0) is 34.7 Å². The van der Waals surface area contributed by atoms with Crippen LogP contribution in [0.2, 0.25) is 5.02 Å². The standard InChI is InChI=1S/C11H10ClIN2/c1-2-15-11(13)7-10(14)8-5-3-4-6-9(8)12/h2-7H,1,14H2/b10-7-,15-11+. The van der Waals surface area contributed by atoms with Crippen LogP contribution in [-0.2, 0) is 0 Å². The van der Waals surface area contributed by atoms with E-state index in [9.17, 15) is 0 Å². The summed E-state index contributed by atoms with van der Waals surface area (Å²) in [5.74, 6) is 0. The molecule has 0 saturated carbocycles. The summed E-state index contributed by atoms with van der Waals surface area (Å²) in [4.78, 5) is 3.99. The average Bonchev–Trinajstić information content (AvgIpc) is 2.18. The van der Waals surface area contributed by atoms with Gasteiger partial charge in [-0.2, -0.15) is 0 Å². The predicted molar refractivity (Wildman–Crippen MR) is 75.3 cm³/mol. The van der Waals surface area contributed by atoms with Gasteiger partial charge in [0.2, 0.25) is 0 Å². The highest BCUT2D eigenvalue weighted by Gasteiger charge is 2.01. The smallest absolute Gasteiger partial charge is 0.103 e. The second kappa shape index (κ2) is 5.92. The van der Waals surface area contributed by atoms with Crippen LogP contribution in [0.5, 0.6) is 0 Å². The van der Waals surface area contributed by atoms with Crippen LogP contribution < -0.4 is 5.73 Å². The fourth-order valence-electron chi connectivity index (χ4n) is 1.03. The Bertz CT molecular complexity index is 424. The van der Waals surface area contributed by atoms with E-state index >= 15 is 0 Å². The Hall–Kier alpha value is -0.810. The molecule has 0 fully saturated rings. The molecule has 2 N–H and O–H groups in total. The first-order valence-electron chi connectivity index (χ1n) is 4.21. The van der Waals surface area contributed by atoms with Crippen molar-refractivity contribution >= 4 is 43.6 Å². The zero-order valence-corrected chi connectivity index (χ0v) is 10.9. The van der Waals surface area contributed by atoms with Crippen LogP contribution in [0.1, 0.15) is 5.56 Å². The summed E-state index contributed by atoms with van der Waals surface area (Å²) >= 11 is 8.07. The van der Waals surface area contributed by atoms with Gasteiger partial charge in [-0.3, -0.25) is 4.99 Å². The van der Waals surface area contributed by atoms with E-state index in [1.165, 1.54) is 6.20 Å². The maximum atomic E-state index is 6.00. The third-order valence-electron chi connectivity index (χ3n) is 1.67. The van der Waals surface area contributed by atoms with Crippen molar-refractivity contribution in [2.75, 3.05) is 0 Å². The molecule has 2 nitrogen and oxygen atoms in total. The molecular formula is C11H10ClIN2. The quantitative estimate of drug-likeness (QED) is 0.666. The summed E-state index contributed by atoms with van der Waals surface area (Å²) in [6, 6.07) is 7.42. The summed E-state index contributed by atoms with van der Waals surface area (Å²) in [5.41, 5.74) is 7.29. The molecule has 78 valence electrons. The lowest BCUT2D eigenvalue weighted by molar-refractivity contribution is 1.52. The predicted octanol–water partition coefficient (Wildman–Crippen LogP) is 3.62. The van der Waals surface area contributed by atoms with E-state index in [4.69, 9.17) is 17.3 Å². The summed E-state index contributed by atoms with van der Waals surface area (Å²) < 4.78 is 0.764. The van der Waals surface area contributed by atoms with Gasteiger partial charge in [-0.25, -0.2) is 0 Å². The van der Waals surface area contributed by atoms with Crippen LogP contribution in [0.25, 0.3) is 5.70 Å². The molecular weight excluding hydrogens is 322 g/mol. The molecule has 1 aromatic carbocycles. The molecule has 0 aliphatic carbocycles. The lowest BCUT2D eigenvalue weighted by atomic mass is 10.1. The molecule has 0 aromatic heterocycles. The topological polar surface area (TPSA) is 38.4 Å². The molecule has 0 spiro atoms. The minimum Gasteiger partial charge on any atom is -0.398 e. The zero-order valence-electron chi connectivity index (χ0n) is 7.95. The van der Waals surface area contributed by atoms with Crippen molar-refractivity contribution in [1.29, 1.82) is 0 Å². The molecule has 0 aliphatic heterocycles. The number of rotatable bonds is 3. The van der Waals surface area contributed by atoms with Gasteiger partial charge in [-0.15, -0.1) is 0 Å². The molecule has 0 aliphatic rings. The van der Waals surface area contributed by atoms with Crippen molar-refractivity contribution in [2.24, 2.45) is 10.7 Å². The molecule has 0 atom stereocenters. The monoisotopic (exact) mass is 332 g/mol. The number of nitrogens with zero attached hydrogens (tertiary/aromatic N) is 1. The summed E-state index contributed by atoms with van der Waals surface area (Å²) in [6.45, 7) is 3.51. The normalized spacial score (nSPS) is 12.7. The number of benzene rings is 1. The molecule has 1 rings (SSSR count). The van der Waals surface area contributed by atoms with E-state index in [1.54, 1.807) is 12.1 Å². The molecule has 0 heterocycles. The summed E-state index contributed by atoms with van der Waals surface area (Å²) in [5, 5.41) is 0.633. The fourth-order valence-corrected chi connectivity index (χ4v) is 1.80. The zero-order chi connectivity index (χ0) is 11.3. The Morgan fingerprint density at radius 1 is 1.47 bits per heavy atom. The highest BCUT2D eigenvalue weighted by molar-refractivity contribution is 14.1. The lowest BCUT2D eigenvalue weighted by Crippen LogP contribution is -1.98. The van der Waals surface area contributed by atoms with Crippen LogP contribution in [0, 0.1) is 0 Å². The number of allylic oxidation sites excluding steroid dienone is 1. The van der Waals surface area contributed by atoms with Gasteiger partial charge in [0.1, 0.15) is 3.72 Å². The lowest BCUT2D eigenvalue weighted by Gasteiger charge is -2.03. The van der Waals surface area contributed by atoms with Gasteiger partial charge in [0.25, 0.3) is 0 Å². The Morgan fingerprint density at radius 2 is 2.13 bits per heavy atom. The van der Waals surface area contributed by atoms with Crippen molar-refractivity contribution in [3.05, 3.63) is 53.7 Å². The van der Waals surface area contributed by atoms with Gasteiger partial charge in [0, 0.05) is 22.5 Å². The van der Waals surface area contributed by atoms with Crippen LogP contribution >= 0.6 is 34.2 Å². The van der Waals surface area contributed by atoms with E-state index in [0.29, 0.717) is 10.7 Å². The van der Waals surface area contributed by atoms with Crippen molar-refractivity contribution in [3.8, 4) is 0 Å². The Labute approximate surface area is 108 Å². The van der Waals surface area contributed by atoms with Crippen molar-refractivity contribution in [2.45, 2.75) is 0 Å². The van der Waals surface area contributed by atoms with Gasteiger partial charge in [0.15, 0.2) is 0 Å². The van der Waals surface area contributed by atoms with Gasteiger partial charge < -0.3 is 5.73 Å². The highest BCUT2D eigenvalue weighted by atomic mass is 127. The number of aliphatic imine (C=N–C) groups is 1. The number of nitrogens with two attached hydrogens (primary N) is 1. The van der Waals surface area contributed by atoms with Crippen molar-refractivity contribution < 1.29 is 0 Å². The fraction of sp³-hybridized carbons (Fsp3) is 0. The number of hydrogen-bond acceptors (Lipinski definition) is 2. The van der Waals surface area contributed by atoms with Crippen LogP contribution in [0.3, 0.4) is 0 Å². The molecule has 15 heavy (non-hydrogen) atoms. The van der Waals surface area contributed by atoms with E-state index in [1.807, 2.05) is 18.2 Å². The molecule has 0 amide bonds. The van der Waals surface area contributed by atoms with Gasteiger partial charge in [-0.1, -0.05) is 36.4 Å². The molecule has 1 aromatic rings. The van der Waals surface area contributed by atoms with Crippen molar-refractivity contribution in [1.82, 2.24) is 0 Å². The largest absolute Gasteiger partial charge is 0.398 e. The third kappa shape index (κ3) is 3.68. The molecule has 0 bridgehead atoms. The van der Waals surface area contributed by atoms with E-state index in [2.05, 4.69) is 34.2 Å². The Morgan fingerprint density at radius 3 is 2.73 bits per heavy atom. The van der Waals surface area contributed by atoms with Crippen LogP contribution in [0.4, 0.5) is 0 Å². The van der Waals surface area contributed by atoms with Gasteiger partial charge >= 0.3 is 0 Å². The van der Waals surface area contributed by atoms with E-state index in [-0.39, 0.29) is 0 Å². The molecule has 0 saturated heterocycles. The van der Waals surface area contributed by atoms with Crippen molar-refractivity contribution in [3.63, 3.8) is 0 Å². The second-order valence-corrected chi connectivity index (χ2v) is 4.23. The number of hydrogen-bond donors (Lipinski definition) is 1. The molecule has 0 unspecified atom stereocenters. The maximum absolute atomic E-state index is 6.00. The maximum Gasteiger partial charge on any atom is 0.103 e. The minimum absolute atomic E-state index is 0.593. The first-order valence-corrected chi connectivity index (χ1v) is 5.67. The first kappa shape index (κ1) is 12.3. The minimum atomic E-state index is 0.593. The van der Waals surface area contributed by atoms with Crippen LogP contribution in [-0.4, -0.2) is 3.72 Å². The van der Waals surface area contributed by atoms with E-state index in [0.717, 1.165) is 9.28 Å². The Kier molecular flexibility index (Phi) is 4.84. The highest BCUT2D eigenvalue weighted by Crippen LogP contribution is 2.20. The summed E-state index contributed by atoms with van der Waals surface area (Å²) in [6.07, 6.45) is 3.22. The summed E-state index contributed by atoms with van der Waals surface area (Å²) in [7, 11) is 0. The second-order valence-electron chi connectivity index (χ2n) is 2.71. The SMILES string of the molecule is C=C/N=C(I)\C=C(/N)c1ccccc1Cl. The first-order chi connectivity index (χ1) is 7.15. The molecule has 4 heteroatoms. The Balaban J connectivity index is 3.04. The average molecular weight is 333 g/mol.